The van der Waals surface area contributed by atoms with Gasteiger partial charge in [-0.1, -0.05) is 23.7 Å². The monoisotopic (exact) mass is 621 g/mol. The number of methoxy groups -OCH3 is 1. The van der Waals surface area contributed by atoms with Crippen molar-refractivity contribution in [3.8, 4) is 28.3 Å². The minimum absolute atomic E-state index is 0.160. The van der Waals surface area contributed by atoms with Gasteiger partial charge in [0.05, 0.1) is 18.3 Å². The highest BCUT2D eigenvalue weighted by molar-refractivity contribution is 7.87. The van der Waals surface area contributed by atoms with Gasteiger partial charge in [-0.3, -0.25) is 9.36 Å². The topological polar surface area (TPSA) is 74.6 Å². The lowest BCUT2D eigenvalue weighted by molar-refractivity contribution is 0.346. The van der Waals surface area contributed by atoms with Crippen LogP contribution >= 0.6 is 11.6 Å². The summed E-state index contributed by atoms with van der Waals surface area (Å²) in [5, 5.41) is 0.696. The molecule has 0 aliphatic heterocycles. The van der Waals surface area contributed by atoms with Crippen LogP contribution in [-0.2, 0) is 10.1 Å². The van der Waals surface area contributed by atoms with E-state index in [4.69, 9.17) is 16.3 Å². The highest BCUT2D eigenvalue weighted by Gasteiger charge is 2.31. The van der Waals surface area contributed by atoms with Gasteiger partial charge < -0.3 is 8.92 Å². The molecule has 0 fully saturated rings. The lowest BCUT2D eigenvalue weighted by Crippen LogP contribution is -2.19. The molecule has 4 aromatic carbocycles. The summed E-state index contributed by atoms with van der Waals surface area (Å²) in [4.78, 5) is 12.3. The molecule has 0 saturated heterocycles. The van der Waals surface area contributed by atoms with Gasteiger partial charge in [0.15, 0.2) is 0 Å². The van der Waals surface area contributed by atoms with E-state index in [0.717, 1.165) is 34.9 Å². The molecule has 0 aliphatic rings. The molecule has 0 unspecified atom stereocenters. The molecule has 5 rings (SSSR count). The van der Waals surface area contributed by atoms with E-state index in [2.05, 4.69) is 4.18 Å². The lowest BCUT2D eigenvalue weighted by atomic mass is 10.0. The van der Waals surface area contributed by atoms with Crippen molar-refractivity contribution >= 4 is 32.6 Å². The second kappa shape index (κ2) is 10.8. The number of fused-ring (bicyclic) bond motifs is 1. The summed E-state index contributed by atoms with van der Waals surface area (Å²) in [5.41, 5.74) is 2.50. The first-order valence-corrected chi connectivity index (χ1v) is 13.7. The van der Waals surface area contributed by atoms with Crippen LogP contribution in [0.5, 0.6) is 11.5 Å². The molecule has 0 radical (unpaired) electrons. The molecule has 0 atom stereocenters. The van der Waals surface area contributed by atoms with Gasteiger partial charge in [-0.25, -0.2) is 13.2 Å². The largest absolute Gasteiger partial charge is 0.495 e. The Kier molecular flexibility index (Phi) is 7.46. The van der Waals surface area contributed by atoms with Crippen LogP contribution in [0.15, 0.2) is 76.4 Å². The number of halogens is 6. The predicted molar refractivity (Wildman–Crippen MR) is 145 cm³/mol. The van der Waals surface area contributed by atoms with Crippen LogP contribution < -0.4 is 14.5 Å². The number of pyridine rings is 1. The fourth-order valence-electron chi connectivity index (χ4n) is 4.39. The quantitative estimate of drug-likeness (QED) is 0.0876. The number of aryl methyl sites for hydroxylation is 1. The third-order valence-electron chi connectivity index (χ3n) is 6.31. The molecule has 5 aromatic rings. The first kappa shape index (κ1) is 29.1. The van der Waals surface area contributed by atoms with Gasteiger partial charge in [0.25, 0.3) is 5.56 Å². The Morgan fingerprint density at radius 3 is 2.07 bits per heavy atom. The average Bonchev–Trinajstić information content (AvgIpc) is 2.96. The fourth-order valence-corrected chi connectivity index (χ4v) is 5.65. The molecule has 13 heteroatoms. The number of hydrogen-bond donors (Lipinski definition) is 0. The Hall–Kier alpha value is -4.42. The average molecular weight is 622 g/mol. The fraction of sp³-hybridized carbons (Fsp3) is 0.0690. The predicted octanol–water partition coefficient (Wildman–Crippen LogP) is 7.09. The van der Waals surface area contributed by atoms with Gasteiger partial charge in [0.2, 0.25) is 34.8 Å². The minimum Gasteiger partial charge on any atom is -0.495 e. The van der Waals surface area contributed by atoms with Crippen molar-refractivity contribution in [3.05, 3.63) is 117 Å². The summed E-state index contributed by atoms with van der Waals surface area (Å²) in [6, 6.07) is 16.2. The van der Waals surface area contributed by atoms with Gasteiger partial charge >= 0.3 is 10.1 Å². The third-order valence-corrected chi connectivity index (χ3v) is 7.75. The van der Waals surface area contributed by atoms with Crippen LogP contribution in [0.3, 0.4) is 0 Å². The zero-order valence-corrected chi connectivity index (χ0v) is 23.1. The minimum atomic E-state index is -5.10. The first-order chi connectivity index (χ1) is 19.8. The first-order valence-electron chi connectivity index (χ1n) is 11.9. The van der Waals surface area contributed by atoms with Crippen molar-refractivity contribution in [2.45, 2.75) is 11.8 Å². The second-order valence-corrected chi connectivity index (χ2v) is 11.1. The molecule has 0 N–H and O–H groups in total. The molecule has 0 saturated carbocycles. The maximum absolute atomic E-state index is 14.1. The molecule has 0 bridgehead atoms. The highest BCUT2D eigenvalue weighted by atomic mass is 35.5. The number of hydrogen-bond acceptors (Lipinski definition) is 5. The lowest BCUT2D eigenvalue weighted by Gasteiger charge is -2.16. The van der Waals surface area contributed by atoms with Crippen molar-refractivity contribution in [2.24, 2.45) is 0 Å². The SMILES string of the molecule is COc1cc(-c2cc(C)cc(Cl)c2)ccc1-n1c(=O)ccc2cc(S(=O)(=O)Oc3c(F)c(F)c(F)c(F)c3F)ccc21. The van der Waals surface area contributed by atoms with Crippen LogP contribution in [0.1, 0.15) is 5.56 Å². The molecule has 0 aliphatic carbocycles. The summed E-state index contributed by atoms with van der Waals surface area (Å²) in [6.07, 6.45) is 0. The van der Waals surface area contributed by atoms with Crippen LogP contribution in [0.2, 0.25) is 5.02 Å². The Balaban J connectivity index is 1.60. The molecular formula is C29H17ClF5NO5S. The summed E-state index contributed by atoms with van der Waals surface area (Å²) in [7, 11) is -3.69. The molecule has 1 aromatic heterocycles. The van der Waals surface area contributed by atoms with E-state index in [1.165, 1.54) is 23.8 Å². The Morgan fingerprint density at radius 2 is 1.43 bits per heavy atom. The molecule has 42 heavy (non-hydrogen) atoms. The maximum Gasteiger partial charge on any atom is 0.339 e. The van der Waals surface area contributed by atoms with Gasteiger partial charge in [-0.15, -0.1) is 0 Å². The number of rotatable bonds is 6. The number of ether oxygens (including phenoxy) is 1. The van der Waals surface area contributed by atoms with Crippen molar-refractivity contribution in [2.75, 3.05) is 7.11 Å². The Morgan fingerprint density at radius 1 is 0.762 bits per heavy atom. The maximum atomic E-state index is 14.1. The number of benzene rings is 4. The van der Waals surface area contributed by atoms with Crippen molar-refractivity contribution in [1.29, 1.82) is 0 Å². The second-order valence-electron chi connectivity index (χ2n) is 9.07. The van der Waals surface area contributed by atoms with Crippen molar-refractivity contribution < 1.29 is 39.3 Å². The number of nitrogens with zero attached hydrogens (tertiary/aromatic N) is 1. The standard InChI is InChI=1S/C29H17ClF5NO5S/c1-14-9-17(11-18(30)10-14)15-3-6-21(22(13-15)40-2)36-20-7-5-19(12-16(20)4-8-23(36)37)42(38,39)41-29-27(34)25(32)24(31)26(33)28(29)35/h3-13H,1-2H3. The van der Waals surface area contributed by atoms with E-state index in [-0.39, 0.29) is 10.9 Å². The van der Waals surface area contributed by atoms with E-state index < -0.39 is 55.4 Å². The molecule has 6 nitrogen and oxygen atoms in total. The summed E-state index contributed by atoms with van der Waals surface area (Å²) < 4.78 is 105. The van der Waals surface area contributed by atoms with E-state index in [1.54, 1.807) is 30.3 Å². The molecular weight excluding hydrogens is 605 g/mol. The Labute approximate surface area is 240 Å². The normalized spacial score (nSPS) is 11.6. The van der Waals surface area contributed by atoms with Gasteiger partial charge in [-0.05, 0) is 72.1 Å². The zero-order valence-electron chi connectivity index (χ0n) is 21.5. The van der Waals surface area contributed by atoms with E-state index >= 15 is 0 Å². The third kappa shape index (κ3) is 5.07. The van der Waals surface area contributed by atoms with Crippen LogP contribution in [-0.4, -0.2) is 20.1 Å². The van der Waals surface area contributed by atoms with E-state index in [9.17, 15) is 35.2 Å². The van der Waals surface area contributed by atoms with Crippen LogP contribution in [0.4, 0.5) is 22.0 Å². The summed E-state index contributed by atoms with van der Waals surface area (Å²) in [6.45, 7) is 1.89. The van der Waals surface area contributed by atoms with E-state index in [1.807, 2.05) is 13.0 Å². The van der Waals surface area contributed by atoms with Gasteiger partial charge in [0, 0.05) is 16.5 Å². The van der Waals surface area contributed by atoms with Gasteiger partial charge in [0.1, 0.15) is 10.6 Å². The molecule has 0 amide bonds. The van der Waals surface area contributed by atoms with Crippen molar-refractivity contribution in [3.63, 3.8) is 0 Å². The highest BCUT2D eigenvalue weighted by Crippen LogP contribution is 2.34. The van der Waals surface area contributed by atoms with E-state index in [0.29, 0.717) is 16.5 Å². The molecule has 0 spiro atoms. The number of aromatic nitrogens is 1. The summed E-state index contributed by atoms with van der Waals surface area (Å²) >= 11 is 6.20. The summed E-state index contributed by atoms with van der Waals surface area (Å²) in [5.74, 6) is -13.8. The van der Waals surface area contributed by atoms with Gasteiger partial charge in [-0.2, -0.15) is 17.2 Å². The van der Waals surface area contributed by atoms with Crippen molar-refractivity contribution in [1.82, 2.24) is 4.57 Å². The van der Waals surface area contributed by atoms with Crippen LogP contribution in [0, 0.1) is 36.0 Å². The van der Waals surface area contributed by atoms with Crippen LogP contribution in [0.25, 0.3) is 27.7 Å². The zero-order chi connectivity index (χ0) is 30.5. The molecule has 216 valence electrons. The molecule has 1 heterocycles. The smallest absolute Gasteiger partial charge is 0.339 e. The Bertz CT molecular complexity index is 2030.